The lowest BCUT2D eigenvalue weighted by Gasteiger charge is -2.30. The molecule has 1 atom stereocenters. The number of carbonyl (C=O) groups is 1. The standard InChI is InChI=1S/C20H22N4O2/c1-13(2)24-9-7-14(8-10-24)15-12-21-16-5-6-18(22-19(15)16)23-20(25)17-4-3-11-26-17/h3-7,9,11-14,21H,8,10H2,1-2H3,(H,22,23,25). The molecule has 0 spiro atoms. The largest absolute Gasteiger partial charge is 0.459 e. The van der Waals surface area contributed by atoms with Crippen LogP contribution in [0.15, 0.2) is 53.4 Å². The summed E-state index contributed by atoms with van der Waals surface area (Å²) in [5.41, 5.74) is 3.03. The molecule has 26 heavy (non-hydrogen) atoms. The average Bonchev–Trinajstić information content (AvgIpc) is 3.31. The van der Waals surface area contributed by atoms with Crippen LogP contribution in [0.5, 0.6) is 0 Å². The molecule has 134 valence electrons. The highest BCUT2D eigenvalue weighted by Gasteiger charge is 2.20. The highest BCUT2D eigenvalue weighted by molar-refractivity contribution is 6.02. The zero-order valence-corrected chi connectivity index (χ0v) is 14.9. The van der Waals surface area contributed by atoms with E-state index in [0.29, 0.717) is 17.8 Å². The van der Waals surface area contributed by atoms with Crippen LogP contribution in [0.25, 0.3) is 11.0 Å². The highest BCUT2D eigenvalue weighted by Crippen LogP contribution is 2.31. The first-order valence-corrected chi connectivity index (χ1v) is 8.89. The van der Waals surface area contributed by atoms with Crippen molar-refractivity contribution >= 4 is 22.8 Å². The molecule has 1 aliphatic heterocycles. The molecule has 0 fully saturated rings. The topological polar surface area (TPSA) is 74.2 Å². The van der Waals surface area contributed by atoms with Crippen LogP contribution in [0.2, 0.25) is 0 Å². The minimum Gasteiger partial charge on any atom is -0.459 e. The molecule has 0 bridgehead atoms. The summed E-state index contributed by atoms with van der Waals surface area (Å²) in [4.78, 5) is 22.5. The number of pyridine rings is 1. The molecule has 3 aromatic heterocycles. The molecule has 4 heterocycles. The predicted molar refractivity (Wildman–Crippen MR) is 101 cm³/mol. The summed E-state index contributed by atoms with van der Waals surface area (Å²) in [6.45, 7) is 5.43. The van der Waals surface area contributed by atoms with E-state index < -0.39 is 0 Å². The van der Waals surface area contributed by atoms with Gasteiger partial charge in [-0.15, -0.1) is 0 Å². The number of aromatic amines is 1. The molecule has 0 aromatic carbocycles. The number of nitrogens with one attached hydrogen (secondary N) is 2. The van der Waals surface area contributed by atoms with Gasteiger partial charge in [0, 0.05) is 30.3 Å². The molecule has 1 unspecified atom stereocenters. The summed E-state index contributed by atoms with van der Waals surface area (Å²) >= 11 is 0. The van der Waals surface area contributed by atoms with Gasteiger partial charge in [-0.2, -0.15) is 0 Å². The molecule has 6 nitrogen and oxygen atoms in total. The van der Waals surface area contributed by atoms with Crippen LogP contribution in [0.3, 0.4) is 0 Å². The Hall–Kier alpha value is -3.02. The molecule has 1 amide bonds. The van der Waals surface area contributed by atoms with Crippen molar-refractivity contribution in [2.75, 3.05) is 11.9 Å². The van der Waals surface area contributed by atoms with Gasteiger partial charge in [-0.1, -0.05) is 6.08 Å². The molecule has 2 N–H and O–H groups in total. The lowest BCUT2D eigenvalue weighted by atomic mass is 9.94. The van der Waals surface area contributed by atoms with Crippen LogP contribution >= 0.6 is 0 Å². The summed E-state index contributed by atoms with van der Waals surface area (Å²) in [5, 5.41) is 2.79. The second-order valence-corrected chi connectivity index (χ2v) is 6.84. The maximum Gasteiger partial charge on any atom is 0.292 e. The average molecular weight is 350 g/mol. The Balaban J connectivity index is 1.59. The minimum atomic E-state index is -0.302. The van der Waals surface area contributed by atoms with E-state index in [9.17, 15) is 4.79 Å². The van der Waals surface area contributed by atoms with Gasteiger partial charge in [0.1, 0.15) is 5.82 Å². The minimum absolute atomic E-state index is 0.269. The van der Waals surface area contributed by atoms with Crippen molar-refractivity contribution in [1.82, 2.24) is 14.9 Å². The van der Waals surface area contributed by atoms with E-state index in [4.69, 9.17) is 4.42 Å². The number of fused-ring (bicyclic) bond motifs is 1. The van der Waals surface area contributed by atoms with E-state index in [1.54, 1.807) is 18.2 Å². The molecule has 3 aromatic rings. The highest BCUT2D eigenvalue weighted by atomic mass is 16.3. The number of amides is 1. The smallest absolute Gasteiger partial charge is 0.292 e. The van der Waals surface area contributed by atoms with E-state index in [1.165, 1.54) is 6.26 Å². The molecule has 0 aliphatic carbocycles. The Bertz CT molecular complexity index is 940. The first-order valence-electron chi connectivity index (χ1n) is 8.89. The van der Waals surface area contributed by atoms with Crippen molar-refractivity contribution in [3.8, 4) is 0 Å². The second kappa shape index (κ2) is 6.71. The van der Waals surface area contributed by atoms with Gasteiger partial charge < -0.3 is 19.6 Å². The van der Waals surface area contributed by atoms with Gasteiger partial charge in [-0.3, -0.25) is 4.79 Å². The number of nitrogens with zero attached hydrogens (tertiary/aromatic N) is 2. The van der Waals surface area contributed by atoms with Gasteiger partial charge in [-0.25, -0.2) is 4.98 Å². The molecular weight excluding hydrogens is 328 g/mol. The number of furan rings is 1. The molecule has 0 saturated carbocycles. The number of hydrogen-bond donors (Lipinski definition) is 2. The Morgan fingerprint density at radius 1 is 1.38 bits per heavy atom. The lowest BCUT2D eigenvalue weighted by Crippen LogP contribution is -2.30. The number of anilines is 1. The Labute approximate surface area is 151 Å². The van der Waals surface area contributed by atoms with Crippen LogP contribution in [0.1, 0.15) is 42.3 Å². The fourth-order valence-electron chi connectivity index (χ4n) is 3.32. The molecule has 1 aliphatic rings. The van der Waals surface area contributed by atoms with Crippen molar-refractivity contribution in [2.24, 2.45) is 0 Å². The summed E-state index contributed by atoms with van der Waals surface area (Å²) in [6.07, 6.45) is 8.97. The molecule has 4 rings (SSSR count). The number of H-pyrrole nitrogens is 1. The van der Waals surface area contributed by atoms with Crippen LogP contribution < -0.4 is 5.32 Å². The summed E-state index contributed by atoms with van der Waals surface area (Å²) in [7, 11) is 0. The first kappa shape index (κ1) is 16.4. The Morgan fingerprint density at radius 3 is 2.96 bits per heavy atom. The Morgan fingerprint density at radius 2 is 2.27 bits per heavy atom. The van der Waals surface area contributed by atoms with E-state index in [0.717, 1.165) is 29.6 Å². The normalized spacial score (nSPS) is 17.2. The predicted octanol–water partition coefficient (Wildman–Crippen LogP) is 4.12. The number of carbonyl (C=O) groups excluding carboxylic acids is 1. The zero-order chi connectivity index (χ0) is 18.1. The van der Waals surface area contributed by atoms with Crippen molar-refractivity contribution in [2.45, 2.75) is 32.2 Å². The molecule has 0 radical (unpaired) electrons. The van der Waals surface area contributed by atoms with Crippen molar-refractivity contribution < 1.29 is 9.21 Å². The van der Waals surface area contributed by atoms with Gasteiger partial charge in [-0.05, 0) is 50.7 Å². The van der Waals surface area contributed by atoms with Crippen LogP contribution in [-0.2, 0) is 0 Å². The number of aromatic nitrogens is 2. The third-order valence-electron chi connectivity index (χ3n) is 4.81. The number of allylic oxidation sites excluding steroid dienone is 1. The third kappa shape index (κ3) is 3.10. The van der Waals surface area contributed by atoms with Crippen LogP contribution in [0, 0.1) is 0 Å². The fourth-order valence-corrected chi connectivity index (χ4v) is 3.32. The quantitative estimate of drug-likeness (QED) is 0.742. The third-order valence-corrected chi connectivity index (χ3v) is 4.81. The van der Waals surface area contributed by atoms with Gasteiger partial charge >= 0.3 is 0 Å². The van der Waals surface area contributed by atoms with E-state index in [1.807, 2.05) is 12.3 Å². The van der Waals surface area contributed by atoms with Crippen LogP contribution in [0.4, 0.5) is 5.82 Å². The maximum absolute atomic E-state index is 12.2. The van der Waals surface area contributed by atoms with Gasteiger partial charge in [0.2, 0.25) is 0 Å². The van der Waals surface area contributed by atoms with Gasteiger partial charge in [0.25, 0.3) is 5.91 Å². The summed E-state index contributed by atoms with van der Waals surface area (Å²) < 4.78 is 5.13. The van der Waals surface area contributed by atoms with E-state index in [2.05, 4.69) is 46.3 Å². The molecular formula is C20H22N4O2. The number of hydrogen-bond acceptors (Lipinski definition) is 4. The van der Waals surface area contributed by atoms with Crippen LogP contribution in [-0.4, -0.2) is 33.4 Å². The monoisotopic (exact) mass is 350 g/mol. The number of rotatable bonds is 4. The van der Waals surface area contributed by atoms with Crippen molar-refractivity contribution in [3.05, 3.63) is 60.3 Å². The zero-order valence-electron chi connectivity index (χ0n) is 14.9. The SMILES string of the molecule is CC(C)N1C=CC(c2c[nH]c3ccc(NC(=O)c4ccco4)nc23)CC1. The van der Waals surface area contributed by atoms with Crippen molar-refractivity contribution in [3.63, 3.8) is 0 Å². The van der Waals surface area contributed by atoms with Gasteiger partial charge in [0.15, 0.2) is 5.76 Å². The molecule has 6 heteroatoms. The van der Waals surface area contributed by atoms with E-state index in [-0.39, 0.29) is 11.7 Å². The van der Waals surface area contributed by atoms with Gasteiger partial charge in [0.05, 0.1) is 17.3 Å². The van der Waals surface area contributed by atoms with Crippen molar-refractivity contribution in [1.29, 1.82) is 0 Å². The summed E-state index contributed by atoms with van der Waals surface area (Å²) in [5.74, 6) is 0.805. The molecule has 0 saturated heterocycles. The first-order chi connectivity index (χ1) is 12.6. The van der Waals surface area contributed by atoms with E-state index >= 15 is 0 Å². The second-order valence-electron chi connectivity index (χ2n) is 6.84. The fraction of sp³-hybridized carbons (Fsp3) is 0.300. The lowest BCUT2D eigenvalue weighted by molar-refractivity contribution is 0.0996. The summed E-state index contributed by atoms with van der Waals surface area (Å²) in [6, 6.07) is 7.56. The Kier molecular flexibility index (Phi) is 4.24. The maximum atomic E-state index is 12.2.